The molecule has 0 aliphatic rings. The number of benzene rings is 1. The maximum absolute atomic E-state index is 11.3. The van der Waals surface area contributed by atoms with Crippen molar-refractivity contribution in [2.75, 3.05) is 7.11 Å². The van der Waals surface area contributed by atoms with Gasteiger partial charge in [0, 0.05) is 4.47 Å². The van der Waals surface area contributed by atoms with E-state index in [0.717, 1.165) is 4.47 Å². The molecule has 0 saturated heterocycles. The molecule has 4 nitrogen and oxygen atoms in total. The molecule has 0 bridgehead atoms. The van der Waals surface area contributed by atoms with Gasteiger partial charge in [0.1, 0.15) is 11.4 Å². The van der Waals surface area contributed by atoms with E-state index in [0.29, 0.717) is 5.56 Å². The molecule has 2 aromatic rings. The maximum Gasteiger partial charge on any atom is 0.373 e. The fourth-order valence-electron chi connectivity index (χ4n) is 1.74. The summed E-state index contributed by atoms with van der Waals surface area (Å²) in [7, 11) is 1.27. The van der Waals surface area contributed by atoms with Crippen molar-refractivity contribution in [1.29, 1.82) is 0 Å². The number of rotatable bonds is 3. The third-order valence-corrected chi connectivity index (χ3v) is 3.35. The van der Waals surface area contributed by atoms with Crippen LogP contribution >= 0.6 is 15.9 Å². The molecule has 0 fully saturated rings. The van der Waals surface area contributed by atoms with Gasteiger partial charge in [-0.25, -0.2) is 4.79 Å². The third-order valence-electron chi connectivity index (χ3n) is 2.86. The summed E-state index contributed by atoms with van der Waals surface area (Å²) < 4.78 is 10.8. The summed E-state index contributed by atoms with van der Waals surface area (Å²) in [4.78, 5) is 11.3. The molecule has 1 N–H and O–H groups in total. The quantitative estimate of drug-likeness (QED) is 0.881. The first kappa shape index (κ1) is 13.8. The zero-order valence-corrected chi connectivity index (χ0v) is 12.1. The van der Waals surface area contributed by atoms with Gasteiger partial charge in [-0.1, -0.05) is 28.1 Å². The van der Waals surface area contributed by atoms with E-state index >= 15 is 0 Å². The molecule has 1 heterocycles. The Kier molecular flexibility index (Phi) is 3.78. The van der Waals surface area contributed by atoms with E-state index < -0.39 is 11.6 Å². The second kappa shape index (κ2) is 5.19. The summed E-state index contributed by atoms with van der Waals surface area (Å²) in [6, 6.07) is 10.3. The highest BCUT2D eigenvalue weighted by Crippen LogP contribution is 2.31. The molecule has 0 radical (unpaired) electrons. The Balaban J connectivity index is 2.39. The molecule has 1 aromatic heterocycles. The molecule has 1 unspecified atom stereocenters. The molecule has 1 atom stereocenters. The van der Waals surface area contributed by atoms with E-state index in [1.54, 1.807) is 25.1 Å². The number of hydrogen-bond acceptors (Lipinski definition) is 4. The molecule has 0 saturated carbocycles. The molecule has 0 aliphatic heterocycles. The first-order chi connectivity index (χ1) is 8.95. The Labute approximate surface area is 119 Å². The van der Waals surface area contributed by atoms with Crippen molar-refractivity contribution in [3.63, 3.8) is 0 Å². The van der Waals surface area contributed by atoms with Crippen LogP contribution in [0.1, 0.15) is 28.8 Å². The van der Waals surface area contributed by atoms with E-state index in [-0.39, 0.29) is 11.5 Å². The first-order valence-corrected chi connectivity index (χ1v) is 6.41. The van der Waals surface area contributed by atoms with E-state index in [4.69, 9.17) is 4.42 Å². The second-order valence-electron chi connectivity index (χ2n) is 4.24. The molecular weight excluding hydrogens is 312 g/mol. The molecule has 5 heteroatoms. The number of esters is 1. The van der Waals surface area contributed by atoms with Crippen LogP contribution in [0.5, 0.6) is 0 Å². The fraction of sp³-hybridized carbons (Fsp3) is 0.214. The molecule has 2 rings (SSSR count). The summed E-state index contributed by atoms with van der Waals surface area (Å²) in [5, 5.41) is 10.6. The van der Waals surface area contributed by atoms with E-state index in [1.165, 1.54) is 13.2 Å². The second-order valence-corrected chi connectivity index (χ2v) is 5.15. The van der Waals surface area contributed by atoms with Gasteiger partial charge in [-0.15, -0.1) is 0 Å². The zero-order valence-electron chi connectivity index (χ0n) is 10.5. The van der Waals surface area contributed by atoms with Crippen LogP contribution in [-0.2, 0) is 10.3 Å². The van der Waals surface area contributed by atoms with Crippen LogP contribution in [0, 0.1) is 0 Å². The van der Waals surface area contributed by atoms with Gasteiger partial charge in [-0.05, 0) is 36.8 Å². The van der Waals surface area contributed by atoms with Gasteiger partial charge in [-0.2, -0.15) is 0 Å². The maximum atomic E-state index is 11.3. The smallest absolute Gasteiger partial charge is 0.373 e. The van der Waals surface area contributed by atoms with Gasteiger partial charge in [0.15, 0.2) is 0 Å². The van der Waals surface area contributed by atoms with Crippen LogP contribution in [0.3, 0.4) is 0 Å². The number of carbonyl (C=O) groups is 1. The summed E-state index contributed by atoms with van der Waals surface area (Å²) in [5.74, 6) is -0.227. The number of ether oxygens (including phenoxy) is 1. The van der Waals surface area contributed by atoms with E-state index in [1.807, 2.05) is 12.1 Å². The molecule has 1 aromatic carbocycles. The third kappa shape index (κ3) is 2.72. The molecule has 0 aliphatic carbocycles. The van der Waals surface area contributed by atoms with Crippen molar-refractivity contribution < 1.29 is 19.1 Å². The van der Waals surface area contributed by atoms with Crippen LogP contribution < -0.4 is 0 Å². The Morgan fingerprint density at radius 1 is 1.37 bits per heavy atom. The predicted octanol–water partition coefficient (Wildman–Crippen LogP) is 3.08. The minimum absolute atomic E-state index is 0.0628. The lowest BCUT2D eigenvalue weighted by atomic mass is 9.94. The number of aliphatic hydroxyl groups is 1. The van der Waals surface area contributed by atoms with Crippen LogP contribution in [0.25, 0.3) is 0 Å². The van der Waals surface area contributed by atoms with E-state index in [2.05, 4.69) is 20.7 Å². The lowest BCUT2D eigenvalue weighted by Crippen LogP contribution is -2.22. The Hall–Kier alpha value is -1.59. The standard InChI is InChI=1S/C14H13BrO4/c1-14(17,9-4-3-5-10(15)8-9)12-7-6-11(19-12)13(16)18-2/h3-8,17H,1-2H3. The van der Waals surface area contributed by atoms with Crippen LogP contribution in [0.4, 0.5) is 0 Å². The highest BCUT2D eigenvalue weighted by atomic mass is 79.9. The lowest BCUT2D eigenvalue weighted by molar-refractivity contribution is 0.0522. The van der Waals surface area contributed by atoms with Crippen molar-refractivity contribution in [1.82, 2.24) is 0 Å². The predicted molar refractivity (Wildman–Crippen MR) is 72.9 cm³/mol. The molecule has 100 valence electrons. The van der Waals surface area contributed by atoms with Crippen molar-refractivity contribution >= 4 is 21.9 Å². The van der Waals surface area contributed by atoms with Gasteiger partial charge < -0.3 is 14.3 Å². The minimum Gasteiger partial charge on any atom is -0.463 e. The van der Waals surface area contributed by atoms with Crippen LogP contribution in [0.15, 0.2) is 45.3 Å². The molecule has 0 amide bonds. The van der Waals surface area contributed by atoms with Crippen molar-refractivity contribution in [3.05, 3.63) is 58.0 Å². The lowest BCUT2D eigenvalue weighted by Gasteiger charge is -2.21. The van der Waals surface area contributed by atoms with Crippen molar-refractivity contribution in [2.24, 2.45) is 0 Å². The number of furan rings is 1. The number of hydrogen-bond donors (Lipinski definition) is 1. The Morgan fingerprint density at radius 3 is 2.74 bits per heavy atom. The largest absolute Gasteiger partial charge is 0.463 e. The minimum atomic E-state index is -1.32. The number of halogens is 1. The topological polar surface area (TPSA) is 59.7 Å². The average Bonchev–Trinajstić information content (AvgIpc) is 2.88. The monoisotopic (exact) mass is 324 g/mol. The first-order valence-electron chi connectivity index (χ1n) is 5.62. The summed E-state index contributed by atoms with van der Waals surface area (Å²) in [6.07, 6.45) is 0. The molecule has 19 heavy (non-hydrogen) atoms. The summed E-state index contributed by atoms with van der Waals surface area (Å²) in [6.45, 7) is 1.61. The number of methoxy groups -OCH3 is 1. The average molecular weight is 325 g/mol. The highest BCUT2D eigenvalue weighted by molar-refractivity contribution is 9.10. The van der Waals surface area contributed by atoms with E-state index in [9.17, 15) is 9.90 Å². The normalized spacial score (nSPS) is 13.9. The van der Waals surface area contributed by atoms with Gasteiger partial charge in [0.2, 0.25) is 5.76 Å². The zero-order chi connectivity index (χ0) is 14.0. The Morgan fingerprint density at radius 2 is 2.11 bits per heavy atom. The van der Waals surface area contributed by atoms with Gasteiger partial charge in [-0.3, -0.25) is 0 Å². The van der Waals surface area contributed by atoms with Gasteiger partial charge in [0.05, 0.1) is 7.11 Å². The van der Waals surface area contributed by atoms with Gasteiger partial charge >= 0.3 is 5.97 Å². The van der Waals surface area contributed by atoms with Crippen molar-refractivity contribution in [2.45, 2.75) is 12.5 Å². The van der Waals surface area contributed by atoms with Crippen molar-refractivity contribution in [3.8, 4) is 0 Å². The highest BCUT2D eigenvalue weighted by Gasteiger charge is 2.30. The van der Waals surface area contributed by atoms with Crippen LogP contribution in [-0.4, -0.2) is 18.2 Å². The fourth-order valence-corrected chi connectivity index (χ4v) is 2.14. The SMILES string of the molecule is COC(=O)c1ccc(C(C)(O)c2cccc(Br)c2)o1. The molecular formula is C14H13BrO4. The molecule has 0 spiro atoms. The summed E-state index contributed by atoms with van der Waals surface area (Å²) >= 11 is 3.35. The summed E-state index contributed by atoms with van der Waals surface area (Å²) in [5.41, 5.74) is -0.664. The van der Waals surface area contributed by atoms with Gasteiger partial charge in [0.25, 0.3) is 0 Å². The Bertz CT molecular complexity index is 601. The van der Waals surface area contributed by atoms with Crippen LogP contribution in [0.2, 0.25) is 0 Å². The number of carbonyl (C=O) groups excluding carboxylic acids is 1.